The first-order valence-corrected chi connectivity index (χ1v) is 15.7. The van der Waals surface area contributed by atoms with Crippen LogP contribution in [-0.4, -0.2) is 37.0 Å². The third kappa shape index (κ3) is 18.7. The van der Waals surface area contributed by atoms with Crippen LogP contribution >= 0.6 is 0 Å². The molecule has 0 radical (unpaired) electrons. The number of carbonyl (C=O) groups excluding carboxylic acids is 2. The van der Waals surface area contributed by atoms with Gasteiger partial charge in [-0.15, -0.1) is 0 Å². The van der Waals surface area contributed by atoms with E-state index in [0.717, 1.165) is 62.8 Å². The van der Waals surface area contributed by atoms with Gasteiger partial charge in [-0.2, -0.15) is 0 Å². The first-order chi connectivity index (χ1) is 22.1. The summed E-state index contributed by atoms with van der Waals surface area (Å²) in [4.78, 5) is 46.5. The summed E-state index contributed by atoms with van der Waals surface area (Å²) in [7, 11) is 0. The smallest absolute Gasteiger partial charge is 0.309 e. The highest BCUT2D eigenvalue weighted by Gasteiger charge is 2.00. The van der Waals surface area contributed by atoms with E-state index in [2.05, 4.69) is 47.6 Å². The number of esters is 2. The molecule has 0 aliphatic heterocycles. The standard InChI is InChI=1S/2C10H13NO2.2C8H11NO/c1-3-4-9-5-6-10(7-11-9)13-8(2)12;1-3-4-9-5-6-10(11-7-9)13-8(2)12;1-2-3-7-4-5-8(10)6-9-7;1-2-3-7-4-5-8(10)9-6-7/h2*5-7H,3-4H2,1-2H3;4-6,10H,2-3H2,1H3;4-6H,2-3H2,1H3,(H,9,10). The number of rotatable bonds is 10. The van der Waals surface area contributed by atoms with E-state index in [4.69, 9.17) is 14.6 Å². The largest absolute Gasteiger partial charge is 0.506 e. The molecule has 0 spiro atoms. The maximum Gasteiger partial charge on any atom is 0.309 e. The van der Waals surface area contributed by atoms with E-state index < -0.39 is 0 Å². The molecule has 4 rings (SSSR count). The fraction of sp³-hybridized carbons (Fsp3) is 0.389. The molecule has 0 amide bonds. The van der Waals surface area contributed by atoms with Crippen molar-refractivity contribution in [1.82, 2.24) is 19.9 Å². The maximum atomic E-state index is 10.6. The lowest BCUT2D eigenvalue weighted by molar-refractivity contribution is -0.133. The Balaban J connectivity index is 0.000000309. The first-order valence-electron chi connectivity index (χ1n) is 15.7. The van der Waals surface area contributed by atoms with E-state index in [1.807, 2.05) is 24.3 Å². The van der Waals surface area contributed by atoms with Gasteiger partial charge in [-0.1, -0.05) is 65.5 Å². The number of nitrogens with one attached hydrogen (secondary N) is 1. The van der Waals surface area contributed by atoms with Crippen LogP contribution in [0.25, 0.3) is 0 Å². The van der Waals surface area contributed by atoms with Crippen LogP contribution in [0.4, 0.5) is 0 Å². The summed E-state index contributed by atoms with van der Waals surface area (Å²) in [6.45, 7) is 11.2. The fourth-order valence-corrected chi connectivity index (χ4v) is 3.80. The van der Waals surface area contributed by atoms with Crippen molar-refractivity contribution < 1.29 is 24.2 Å². The summed E-state index contributed by atoms with van der Waals surface area (Å²) < 4.78 is 9.64. The Kier molecular flexibility index (Phi) is 20.0. The minimum Gasteiger partial charge on any atom is -0.506 e. The van der Waals surface area contributed by atoms with Gasteiger partial charge < -0.3 is 19.6 Å². The van der Waals surface area contributed by atoms with Gasteiger partial charge in [-0.3, -0.25) is 24.4 Å². The SMILES string of the molecule is CCCc1ccc(=O)[nH]c1.CCCc1ccc(O)cn1.CCCc1ccc(OC(C)=O)cn1.CCCc1ccc(OC(C)=O)nc1. The zero-order valence-corrected chi connectivity index (χ0v) is 27.9. The number of carbonyl (C=O) groups is 2. The van der Waals surface area contributed by atoms with E-state index in [-0.39, 0.29) is 23.2 Å². The molecule has 4 heterocycles. The van der Waals surface area contributed by atoms with Crippen LogP contribution in [-0.2, 0) is 35.3 Å². The number of aryl methyl sites for hydroxylation is 4. The van der Waals surface area contributed by atoms with Crippen LogP contribution in [0.2, 0.25) is 0 Å². The van der Waals surface area contributed by atoms with Crippen LogP contribution in [0.15, 0.2) is 78.1 Å². The minimum absolute atomic E-state index is 0.0279. The molecule has 10 heteroatoms. The Morgan fingerprint density at radius 2 is 1.22 bits per heavy atom. The highest BCUT2D eigenvalue weighted by Crippen LogP contribution is 2.11. The fourth-order valence-electron chi connectivity index (χ4n) is 3.80. The third-order valence-corrected chi connectivity index (χ3v) is 5.85. The molecule has 0 atom stereocenters. The molecule has 10 nitrogen and oxygen atoms in total. The van der Waals surface area contributed by atoms with E-state index in [1.54, 1.807) is 42.9 Å². The number of hydrogen-bond donors (Lipinski definition) is 2. The molecular weight excluding hydrogens is 584 g/mol. The van der Waals surface area contributed by atoms with Gasteiger partial charge in [0.1, 0.15) is 11.5 Å². The van der Waals surface area contributed by atoms with E-state index in [1.165, 1.54) is 31.2 Å². The van der Waals surface area contributed by atoms with Gasteiger partial charge in [0.05, 0.1) is 12.4 Å². The Bertz CT molecular complexity index is 1370. The number of H-pyrrole nitrogens is 1. The molecule has 4 aromatic heterocycles. The van der Waals surface area contributed by atoms with Crippen LogP contribution in [0.3, 0.4) is 0 Å². The minimum atomic E-state index is -0.337. The summed E-state index contributed by atoms with van der Waals surface area (Å²) in [5.41, 5.74) is 4.40. The number of aromatic amines is 1. The van der Waals surface area contributed by atoms with Gasteiger partial charge >= 0.3 is 11.9 Å². The van der Waals surface area contributed by atoms with E-state index >= 15 is 0 Å². The molecule has 0 aliphatic carbocycles. The molecule has 0 aromatic carbocycles. The number of aromatic nitrogens is 4. The maximum absolute atomic E-state index is 10.6. The second-order valence-electron chi connectivity index (χ2n) is 10.2. The molecule has 0 bridgehead atoms. The lowest BCUT2D eigenvalue weighted by atomic mass is 10.2. The Morgan fingerprint density at radius 3 is 1.65 bits per heavy atom. The Hall–Kier alpha value is -4.86. The zero-order valence-electron chi connectivity index (χ0n) is 27.9. The predicted octanol–water partition coefficient (Wildman–Crippen LogP) is 6.99. The lowest BCUT2D eigenvalue weighted by Crippen LogP contribution is -2.02. The van der Waals surface area contributed by atoms with Crippen molar-refractivity contribution in [2.24, 2.45) is 0 Å². The average Bonchev–Trinajstić information content (AvgIpc) is 3.02. The number of hydrogen-bond acceptors (Lipinski definition) is 9. The number of nitrogens with zero attached hydrogens (tertiary/aromatic N) is 3. The second-order valence-corrected chi connectivity index (χ2v) is 10.2. The Labute approximate surface area is 272 Å². The van der Waals surface area contributed by atoms with Gasteiger partial charge in [0.2, 0.25) is 11.4 Å². The van der Waals surface area contributed by atoms with E-state index in [9.17, 15) is 14.4 Å². The monoisotopic (exact) mass is 632 g/mol. The summed E-state index contributed by atoms with van der Waals surface area (Å²) in [5.74, 6) is 0.459. The summed E-state index contributed by atoms with van der Waals surface area (Å²) in [6.07, 6.45) is 14.9. The topological polar surface area (TPSA) is 144 Å². The molecule has 0 saturated carbocycles. The van der Waals surface area contributed by atoms with Crippen molar-refractivity contribution >= 4 is 11.9 Å². The number of aromatic hydroxyl groups is 1. The molecule has 0 saturated heterocycles. The Morgan fingerprint density at radius 1 is 0.652 bits per heavy atom. The van der Waals surface area contributed by atoms with Crippen LogP contribution in [0.1, 0.15) is 89.7 Å². The zero-order chi connectivity index (χ0) is 34.2. The lowest BCUT2D eigenvalue weighted by Gasteiger charge is -2.01. The van der Waals surface area contributed by atoms with Crippen molar-refractivity contribution in [1.29, 1.82) is 0 Å². The normalized spacial score (nSPS) is 9.70. The molecular formula is C36H48N4O6. The number of pyridine rings is 4. The van der Waals surface area contributed by atoms with Crippen molar-refractivity contribution in [3.63, 3.8) is 0 Å². The highest BCUT2D eigenvalue weighted by atomic mass is 16.5. The summed E-state index contributed by atoms with van der Waals surface area (Å²) >= 11 is 0. The molecule has 2 N–H and O–H groups in total. The van der Waals surface area contributed by atoms with Crippen molar-refractivity contribution in [2.45, 2.75) is 92.9 Å². The molecule has 248 valence electrons. The van der Waals surface area contributed by atoms with E-state index in [0.29, 0.717) is 11.6 Å². The van der Waals surface area contributed by atoms with Crippen LogP contribution < -0.4 is 15.0 Å². The van der Waals surface area contributed by atoms with Crippen molar-refractivity contribution in [3.8, 4) is 17.4 Å². The average molecular weight is 633 g/mol. The second kappa shape index (κ2) is 23.5. The van der Waals surface area contributed by atoms with Crippen molar-refractivity contribution in [2.75, 3.05) is 0 Å². The summed E-state index contributed by atoms with van der Waals surface area (Å²) in [6, 6.07) is 14.2. The molecule has 4 aromatic rings. The highest BCUT2D eigenvalue weighted by molar-refractivity contribution is 5.69. The third-order valence-electron chi connectivity index (χ3n) is 5.85. The predicted molar refractivity (Wildman–Crippen MR) is 180 cm³/mol. The van der Waals surface area contributed by atoms with Crippen molar-refractivity contribution in [3.05, 3.63) is 106 Å². The van der Waals surface area contributed by atoms with Gasteiger partial charge in [0.15, 0.2) is 0 Å². The van der Waals surface area contributed by atoms with Gasteiger partial charge in [0, 0.05) is 49.8 Å². The molecule has 46 heavy (non-hydrogen) atoms. The van der Waals surface area contributed by atoms with Crippen LogP contribution in [0, 0.1) is 0 Å². The molecule has 0 aliphatic rings. The first kappa shape index (κ1) is 39.2. The quantitative estimate of drug-likeness (QED) is 0.177. The molecule has 0 unspecified atom stereocenters. The molecule has 0 fully saturated rings. The van der Waals surface area contributed by atoms with Crippen LogP contribution in [0.5, 0.6) is 17.4 Å². The summed E-state index contributed by atoms with van der Waals surface area (Å²) in [5, 5.41) is 8.86. The van der Waals surface area contributed by atoms with Gasteiger partial charge in [-0.05, 0) is 61.1 Å². The number of ether oxygens (including phenoxy) is 2. The van der Waals surface area contributed by atoms with Gasteiger partial charge in [0.25, 0.3) is 0 Å². The van der Waals surface area contributed by atoms with Gasteiger partial charge in [-0.25, -0.2) is 4.98 Å².